The molecule has 144 valence electrons. The molecule has 0 fully saturated rings. The van der Waals surface area contributed by atoms with E-state index in [1.54, 1.807) is 0 Å². The maximum Gasteiger partial charge on any atom is 0.280 e. The Labute approximate surface area is 168 Å². The maximum atomic E-state index is 11.2. The lowest BCUT2D eigenvalue weighted by atomic mass is 9.97. The molecule has 1 unspecified atom stereocenters. The number of nitrogens with one attached hydrogen (secondary N) is 1. The first kappa shape index (κ1) is 17.6. The van der Waals surface area contributed by atoms with Gasteiger partial charge in [-0.2, -0.15) is 5.16 Å². The average Bonchev–Trinajstić information content (AvgIpc) is 3.37. The number of aromatic amines is 1. The Kier molecular flexibility index (Phi) is 4.53. The minimum absolute atomic E-state index is 0.0664. The molecule has 0 aliphatic heterocycles. The highest BCUT2D eigenvalue weighted by atomic mass is 16.5. The fourth-order valence-corrected chi connectivity index (χ4v) is 4.08. The number of aromatic nitrogens is 1. The Balaban J connectivity index is 1.34. The van der Waals surface area contributed by atoms with Gasteiger partial charge in [0.1, 0.15) is 11.9 Å². The second-order valence-electron chi connectivity index (χ2n) is 7.39. The lowest BCUT2D eigenvalue weighted by molar-refractivity contribution is 0.207. The van der Waals surface area contributed by atoms with Crippen LogP contribution in [0.15, 0.2) is 88.2 Å². The number of hydrogen-bond acceptors (Lipinski definition) is 3. The van der Waals surface area contributed by atoms with Gasteiger partial charge in [0.2, 0.25) is 0 Å². The highest BCUT2D eigenvalue weighted by molar-refractivity contribution is 5.57. The van der Waals surface area contributed by atoms with Gasteiger partial charge in [-0.25, -0.2) is 0 Å². The van der Waals surface area contributed by atoms with Crippen LogP contribution in [0.5, 0.6) is 5.75 Å². The monoisotopic (exact) mass is 383 g/mol. The summed E-state index contributed by atoms with van der Waals surface area (Å²) in [6, 6.07) is 26.2. The van der Waals surface area contributed by atoms with Crippen LogP contribution < -0.4 is 10.3 Å². The van der Waals surface area contributed by atoms with Crippen LogP contribution in [-0.2, 0) is 12.8 Å². The molecule has 1 atom stereocenters. The van der Waals surface area contributed by atoms with E-state index in [4.69, 9.17) is 9.26 Å². The quantitative estimate of drug-likeness (QED) is 0.509. The van der Waals surface area contributed by atoms with Crippen molar-refractivity contribution in [2.75, 3.05) is 0 Å². The molecule has 3 aromatic carbocycles. The second kappa shape index (κ2) is 7.47. The van der Waals surface area contributed by atoms with Crippen LogP contribution in [0.25, 0.3) is 11.3 Å². The normalized spacial score (nSPS) is 15.2. The highest BCUT2D eigenvalue weighted by Gasteiger charge is 2.26. The predicted molar refractivity (Wildman–Crippen MR) is 112 cm³/mol. The summed E-state index contributed by atoms with van der Waals surface area (Å²) in [7, 11) is 0. The maximum absolute atomic E-state index is 11.2. The molecule has 0 radical (unpaired) electrons. The first-order chi connectivity index (χ1) is 14.3. The first-order valence-electron chi connectivity index (χ1n) is 9.86. The van der Waals surface area contributed by atoms with Crippen molar-refractivity contribution < 1.29 is 9.26 Å². The standard InChI is InChI=1S/C25H21NO3/c27-25-16-24(29-26-25)18-9-11-20(12-10-18)28-23-14-13-21-19(7-4-8-22(21)23)15-17-5-2-1-3-6-17/h1-12,16,23H,13-15H2,(H,26,27). The molecule has 1 aliphatic rings. The zero-order valence-corrected chi connectivity index (χ0v) is 15.9. The molecule has 5 rings (SSSR count). The summed E-state index contributed by atoms with van der Waals surface area (Å²) in [4.78, 5) is 11.2. The van der Waals surface area contributed by atoms with Gasteiger partial charge in [-0.15, -0.1) is 0 Å². The number of benzene rings is 3. The topological polar surface area (TPSA) is 55.2 Å². The van der Waals surface area contributed by atoms with Gasteiger partial charge in [0.15, 0.2) is 5.76 Å². The van der Waals surface area contributed by atoms with Crippen molar-refractivity contribution in [1.82, 2.24) is 5.16 Å². The van der Waals surface area contributed by atoms with Gasteiger partial charge in [-0.1, -0.05) is 48.5 Å². The number of hydrogen-bond donors (Lipinski definition) is 1. The summed E-state index contributed by atoms with van der Waals surface area (Å²) in [5.41, 5.74) is 6.03. The lowest BCUT2D eigenvalue weighted by Crippen LogP contribution is -2.04. The van der Waals surface area contributed by atoms with Crippen molar-refractivity contribution in [1.29, 1.82) is 0 Å². The van der Waals surface area contributed by atoms with Crippen LogP contribution in [0.2, 0.25) is 0 Å². The molecule has 4 heteroatoms. The number of ether oxygens (including phenoxy) is 1. The molecule has 0 saturated carbocycles. The van der Waals surface area contributed by atoms with Gasteiger partial charge >= 0.3 is 0 Å². The van der Waals surface area contributed by atoms with Gasteiger partial charge in [-0.05, 0) is 65.8 Å². The van der Waals surface area contributed by atoms with Crippen LogP contribution in [0.4, 0.5) is 0 Å². The zero-order valence-electron chi connectivity index (χ0n) is 15.9. The largest absolute Gasteiger partial charge is 0.486 e. The second-order valence-corrected chi connectivity index (χ2v) is 7.39. The van der Waals surface area contributed by atoms with Gasteiger partial charge in [0.05, 0.1) is 6.07 Å². The third kappa shape index (κ3) is 3.61. The molecule has 4 nitrogen and oxygen atoms in total. The number of fused-ring (bicyclic) bond motifs is 1. The molecule has 1 N–H and O–H groups in total. The van der Waals surface area contributed by atoms with Crippen molar-refractivity contribution in [3.8, 4) is 17.1 Å². The zero-order chi connectivity index (χ0) is 19.6. The molecule has 4 aromatic rings. The smallest absolute Gasteiger partial charge is 0.280 e. The van der Waals surface area contributed by atoms with E-state index in [2.05, 4.69) is 53.7 Å². The molecule has 1 aromatic heterocycles. The first-order valence-corrected chi connectivity index (χ1v) is 9.86. The van der Waals surface area contributed by atoms with E-state index in [1.165, 1.54) is 28.3 Å². The summed E-state index contributed by atoms with van der Waals surface area (Å²) in [6.07, 6.45) is 3.04. The molecular weight excluding hydrogens is 362 g/mol. The minimum Gasteiger partial charge on any atom is -0.486 e. The Morgan fingerprint density at radius 2 is 1.79 bits per heavy atom. The SMILES string of the molecule is O=c1cc(-c2ccc(OC3CCc4c(Cc5ccccc5)cccc43)cc2)o[nH]1. The van der Waals surface area contributed by atoms with E-state index < -0.39 is 0 Å². The van der Waals surface area contributed by atoms with Crippen molar-refractivity contribution in [3.05, 3.63) is 111 Å². The predicted octanol–water partition coefficient (Wildman–Crippen LogP) is 5.29. The summed E-state index contributed by atoms with van der Waals surface area (Å²) in [6.45, 7) is 0. The third-order valence-corrected chi connectivity index (χ3v) is 5.49. The average molecular weight is 383 g/mol. The molecule has 1 heterocycles. The molecule has 0 amide bonds. The fraction of sp³-hybridized carbons (Fsp3) is 0.160. The Morgan fingerprint density at radius 3 is 2.55 bits per heavy atom. The van der Waals surface area contributed by atoms with Crippen LogP contribution >= 0.6 is 0 Å². The Morgan fingerprint density at radius 1 is 0.966 bits per heavy atom. The molecule has 0 spiro atoms. The molecular formula is C25H21NO3. The fourth-order valence-electron chi connectivity index (χ4n) is 4.08. The van der Waals surface area contributed by atoms with Crippen molar-refractivity contribution in [2.45, 2.75) is 25.4 Å². The molecule has 1 aliphatic carbocycles. The molecule has 0 bridgehead atoms. The van der Waals surface area contributed by atoms with Crippen LogP contribution in [-0.4, -0.2) is 5.16 Å². The van der Waals surface area contributed by atoms with E-state index in [0.29, 0.717) is 5.76 Å². The van der Waals surface area contributed by atoms with Crippen LogP contribution in [0.3, 0.4) is 0 Å². The van der Waals surface area contributed by atoms with Gasteiger partial charge in [-0.3, -0.25) is 4.79 Å². The van der Waals surface area contributed by atoms with E-state index in [1.807, 2.05) is 24.3 Å². The van der Waals surface area contributed by atoms with E-state index >= 15 is 0 Å². The summed E-state index contributed by atoms with van der Waals surface area (Å²) < 4.78 is 11.5. The number of rotatable bonds is 5. The van der Waals surface area contributed by atoms with E-state index in [9.17, 15) is 4.79 Å². The summed E-state index contributed by atoms with van der Waals surface area (Å²) in [5, 5.41) is 2.31. The van der Waals surface area contributed by atoms with Crippen molar-refractivity contribution >= 4 is 0 Å². The number of H-pyrrole nitrogens is 1. The minimum atomic E-state index is -0.241. The summed E-state index contributed by atoms with van der Waals surface area (Å²) >= 11 is 0. The van der Waals surface area contributed by atoms with Crippen molar-refractivity contribution in [2.24, 2.45) is 0 Å². The summed E-state index contributed by atoms with van der Waals surface area (Å²) in [5.74, 6) is 1.34. The van der Waals surface area contributed by atoms with Crippen LogP contribution in [0.1, 0.15) is 34.8 Å². The Hall–Kier alpha value is -3.53. The van der Waals surface area contributed by atoms with E-state index in [0.717, 1.165) is 30.6 Å². The third-order valence-electron chi connectivity index (χ3n) is 5.49. The van der Waals surface area contributed by atoms with Gasteiger partial charge in [0.25, 0.3) is 5.56 Å². The van der Waals surface area contributed by atoms with Gasteiger partial charge in [0, 0.05) is 5.56 Å². The molecule has 29 heavy (non-hydrogen) atoms. The van der Waals surface area contributed by atoms with E-state index in [-0.39, 0.29) is 11.7 Å². The van der Waals surface area contributed by atoms with Crippen LogP contribution in [0, 0.1) is 0 Å². The lowest BCUT2D eigenvalue weighted by Gasteiger charge is -2.16. The Bertz CT molecular complexity index is 1170. The molecule has 0 saturated heterocycles. The highest BCUT2D eigenvalue weighted by Crippen LogP contribution is 2.37. The van der Waals surface area contributed by atoms with Crippen molar-refractivity contribution in [3.63, 3.8) is 0 Å². The van der Waals surface area contributed by atoms with Gasteiger partial charge < -0.3 is 9.26 Å².